The van der Waals surface area contributed by atoms with Gasteiger partial charge in [0.05, 0.1) is 0 Å². The van der Waals surface area contributed by atoms with Gasteiger partial charge in [0.1, 0.15) is 5.60 Å². The van der Waals surface area contributed by atoms with Crippen LogP contribution in [0.15, 0.2) is 60.7 Å². The highest BCUT2D eigenvalue weighted by Gasteiger charge is 2.53. The standard InChI is InChI=1S/C21H26BNO2/c1-24-22-23(20-15-9-4-10-16-20)17-21(25-22,18-11-5-2-6-12-18)19-13-7-3-8-14-19/h2-3,5-8,11-14,20H,4,9-10,15-17H2,1H3. The Hall–Kier alpha value is -1.62. The highest BCUT2D eigenvalue weighted by Crippen LogP contribution is 2.42. The Morgan fingerprint density at radius 2 is 1.48 bits per heavy atom. The van der Waals surface area contributed by atoms with Gasteiger partial charge >= 0.3 is 7.25 Å². The lowest BCUT2D eigenvalue weighted by molar-refractivity contribution is 0.118. The molecule has 0 bridgehead atoms. The molecule has 0 aromatic heterocycles. The molecule has 1 saturated heterocycles. The molecule has 0 amide bonds. The minimum atomic E-state index is -0.472. The van der Waals surface area contributed by atoms with Crippen LogP contribution in [0.5, 0.6) is 0 Å². The van der Waals surface area contributed by atoms with Gasteiger partial charge in [0, 0.05) is 19.7 Å². The zero-order chi connectivity index (χ0) is 17.1. The van der Waals surface area contributed by atoms with Crippen molar-refractivity contribution in [1.82, 2.24) is 4.81 Å². The summed E-state index contributed by atoms with van der Waals surface area (Å²) >= 11 is 0. The fourth-order valence-electron chi connectivity index (χ4n) is 4.41. The van der Waals surface area contributed by atoms with Crippen molar-refractivity contribution in [1.29, 1.82) is 0 Å². The zero-order valence-electron chi connectivity index (χ0n) is 14.9. The Morgan fingerprint density at radius 3 is 2.00 bits per heavy atom. The van der Waals surface area contributed by atoms with Gasteiger partial charge in [-0.1, -0.05) is 79.9 Å². The second-order valence-corrected chi connectivity index (χ2v) is 7.18. The van der Waals surface area contributed by atoms with Gasteiger partial charge in [-0.3, -0.25) is 4.81 Å². The predicted octanol–water partition coefficient (Wildman–Crippen LogP) is 4.23. The molecule has 1 heterocycles. The number of hydrogen-bond donors (Lipinski definition) is 0. The summed E-state index contributed by atoms with van der Waals surface area (Å²) in [6, 6.07) is 21.7. The van der Waals surface area contributed by atoms with Crippen LogP contribution in [0.4, 0.5) is 0 Å². The lowest BCUT2D eigenvalue weighted by Crippen LogP contribution is -2.45. The molecule has 25 heavy (non-hydrogen) atoms. The topological polar surface area (TPSA) is 21.7 Å². The van der Waals surface area contributed by atoms with Crippen LogP contribution in [-0.4, -0.2) is 31.8 Å². The summed E-state index contributed by atoms with van der Waals surface area (Å²) in [7, 11) is 1.47. The van der Waals surface area contributed by atoms with Gasteiger partial charge in [-0.2, -0.15) is 0 Å². The van der Waals surface area contributed by atoms with E-state index in [9.17, 15) is 0 Å². The first-order valence-corrected chi connectivity index (χ1v) is 9.41. The summed E-state index contributed by atoms with van der Waals surface area (Å²) in [5.74, 6) is 0. The van der Waals surface area contributed by atoms with Crippen molar-refractivity contribution in [3.63, 3.8) is 0 Å². The van der Waals surface area contributed by atoms with Gasteiger partial charge in [0.25, 0.3) is 0 Å². The smallest absolute Gasteiger partial charge is 0.400 e. The first kappa shape index (κ1) is 16.8. The summed E-state index contributed by atoms with van der Waals surface area (Å²) in [6.07, 6.45) is 6.44. The molecule has 2 fully saturated rings. The lowest BCUT2D eigenvalue weighted by Gasteiger charge is -2.33. The Balaban J connectivity index is 1.74. The van der Waals surface area contributed by atoms with Crippen molar-refractivity contribution in [2.24, 2.45) is 0 Å². The summed E-state index contributed by atoms with van der Waals surface area (Å²) in [5, 5.41) is 0. The van der Waals surface area contributed by atoms with Crippen molar-refractivity contribution in [2.45, 2.75) is 43.7 Å². The van der Waals surface area contributed by atoms with Crippen molar-refractivity contribution in [3.8, 4) is 0 Å². The Morgan fingerprint density at radius 1 is 0.920 bits per heavy atom. The van der Waals surface area contributed by atoms with E-state index in [0.717, 1.165) is 6.54 Å². The summed E-state index contributed by atoms with van der Waals surface area (Å²) in [5.41, 5.74) is 1.92. The van der Waals surface area contributed by atoms with Gasteiger partial charge in [-0.15, -0.1) is 0 Å². The molecule has 1 aliphatic heterocycles. The molecule has 3 nitrogen and oxygen atoms in total. The van der Waals surface area contributed by atoms with E-state index in [0.29, 0.717) is 6.04 Å². The maximum Gasteiger partial charge on any atom is 0.558 e. The van der Waals surface area contributed by atoms with E-state index in [1.54, 1.807) is 7.11 Å². The van der Waals surface area contributed by atoms with Gasteiger partial charge in [-0.25, -0.2) is 0 Å². The number of rotatable bonds is 4. The van der Waals surface area contributed by atoms with Crippen LogP contribution in [-0.2, 0) is 14.9 Å². The SMILES string of the molecule is COB1OC(c2ccccc2)(c2ccccc2)CN1C1CCCCC1. The molecule has 0 spiro atoms. The van der Waals surface area contributed by atoms with E-state index in [-0.39, 0.29) is 7.25 Å². The van der Waals surface area contributed by atoms with Crippen LogP contribution in [0.25, 0.3) is 0 Å². The van der Waals surface area contributed by atoms with Crippen LogP contribution >= 0.6 is 0 Å². The molecule has 0 N–H and O–H groups in total. The minimum absolute atomic E-state index is 0.288. The van der Waals surface area contributed by atoms with E-state index < -0.39 is 5.60 Å². The molecular formula is C21H26BNO2. The first-order chi connectivity index (χ1) is 12.3. The van der Waals surface area contributed by atoms with E-state index in [4.69, 9.17) is 9.31 Å². The van der Waals surface area contributed by atoms with Crippen molar-refractivity contribution < 1.29 is 9.31 Å². The van der Waals surface area contributed by atoms with Gasteiger partial charge in [-0.05, 0) is 24.0 Å². The Kier molecular flexibility index (Phi) is 4.93. The fourth-order valence-corrected chi connectivity index (χ4v) is 4.41. The average molecular weight is 335 g/mol. The molecule has 2 aromatic rings. The monoisotopic (exact) mass is 335 g/mol. The normalized spacial score (nSPS) is 21.6. The molecule has 0 radical (unpaired) electrons. The molecule has 2 aliphatic rings. The van der Waals surface area contributed by atoms with Crippen molar-refractivity contribution >= 4 is 7.25 Å². The number of benzene rings is 2. The molecule has 0 unspecified atom stereocenters. The zero-order valence-corrected chi connectivity index (χ0v) is 14.9. The molecule has 0 atom stereocenters. The quantitative estimate of drug-likeness (QED) is 0.781. The minimum Gasteiger partial charge on any atom is -0.400 e. The van der Waals surface area contributed by atoms with E-state index in [1.165, 1.54) is 43.2 Å². The summed E-state index contributed by atoms with van der Waals surface area (Å²) in [6.45, 7) is 0.837. The molecule has 130 valence electrons. The first-order valence-electron chi connectivity index (χ1n) is 9.41. The highest BCUT2D eigenvalue weighted by molar-refractivity contribution is 6.42. The van der Waals surface area contributed by atoms with Crippen molar-refractivity contribution in [3.05, 3.63) is 71.8 Å². The van der Waals surface area contributed by atoms with Crippen molar-refractivity contribution in [2.75, 3.05) is 13.7 Å². The lowest BCUT2D eigenvalue weighted by atomic mass is 9.85. The van der Waals surface area contributed by atoms with Gasteiger partial charge in [0.15, 0.2) is 0 Å². The predicted molar refractivity (Wildman–Crippen MR) is 101 cm³/mol. The molecule has 4 heteroatoms. The molecule has 1 saturated carbocycles. The summed E-state index contributed by atoms with van der Waals surface area (Å²) in [4.78, 5) is 2.44. The Labute approximate surface area is 151 Å². The van der Waals surface area contributed by atoms with E-state index in [1.807, 2.05) is 0 Å². The second-order valence-electron chi connectivity index (χ2n) is 7.18. The third-order valence-corrected chi connectivity index (χ3v) is 5.70. The molecule has 4 rings (SSSR count). The fraction of sp³-hybridized carbons (Fsp3) is 0.429. The molecule has 2 aromatic carbocycles. The largest absolute Gasteiger partial charge is 0.558 e. The van der Waals surface area contributed by atoms with Gasteiger partial charge < -0.3 is 9.31 Å². The van der Waals surface area contributed by atoms with E-state index >= 15 is 0 Å². The van der Waals surface area contributed by atoms with Crippen LogP contribution in [0.1, 0.15) is 43.2 Å². The molecule has 1 aliphatic carbocycles. The third kappa shape index (κ3) is 3.14. The average Bonchev–Trinajstić information content (AvgIpc) is 3.11. The third-order valence-electron chi connectivity index (χ3n) is 5.70. The van der Waals surface area contributed by atoms with Crippen LogP contribution in [0.3, 0.4) is 0 Å². The van der Waals surface area contributed by atoms with Gasteiger partial charge in [0.2, 0.25) is 0 Å². The van der Waals surface area contributed by atoms with Crippen LogP contribution in [0.2, 0.25) is 0 Å². The Bertz CT molecular complexity index is 633. The second kappa shape index (κ2) is 7.32. The number of hydrogen-bond acceptors (Lipinski definition) is 3. The van der Waals surface area contributed by atoms with E-state index in [2.05, 4.69) is 65.5 Å². The number of nitrogens with zero attached hydrogens (tertiary/aromatic N) is 1. The maximum atomic E-state index is 6.64. The van der Waals surface area contributed by atoms with Crippen LogP contribution < -0.4 is 0 Å². The summed E-state index contributed by atoms with van der Waals surface area (Å²) < 4.78 is 12.4. The molecular weight excluding hydrogens is 309 g/mol. The highest BCUT2D eigenvalue weighted by atomic mass is 16.6. The van der Waals surface area contributed by atoms with Crippen LogP contribution in [0, 0.1) is 0 Å². The maximum absolute atomic E-state index is 6.64.